The number of nitrogens with one attached hydrogen (secondary N) is 1. The second-order valence-corrected chi connectivity index (χ2v) is 8.99. The first kappa shape index (κ1) is 23.4. The van der Waals surface area contributed by atoms with Crippen molar-refractivity contribution < 1.29 is 36.4 Å². The number of fused-ring (bicyclic) bond motifs is 1. The van der Waals surface area contributed by atoms with Gasteiger partial charge >= 0.3 is 19.1 Å². The van der Waals surface area contributed by atoms with Gasteiger partial charge in [-0.05, 0) is 30.8 Å². The lowest BCUT2D eigenvalue weighted by molar-refractivity contribution is -0.145. The molecule has 1 saturated heterocycles. The van der Waals surface area contributed by atoms with Crippen LogP contribution in [0.4, 0.5) is 4.39 Å². The summed E-state index contributed by atoms with van der Waals surface area (Å²) >= 11 is 0. The van der Waals surface area contributed by atoms with Gasteiger partial charge in [0.05, 0.1) is 26.4 Å². The summed E-state index contributed by atoms with van der Waals surface area (Å²) in [4.78, 5) is 25.3. The van der Waals surface area contributed by atoms with Crippen molar-refractivity contribution in [1.82, 2.24) is 10.3 Å². The number of benzene rings is 2. The van der Waals surface area contributed by atoms with E-state index in [-0.39, 0.29) is 40.6 Å². The van der Waals surface area contributed by atoms with Gasteiger partial charge in [0.25, 0.3) is 10.0 Å². The summed E-state index contributed by atoms with van der Waals surface area (Å²) in [5.74, 6) is -1.80. The topological polar surface area (TPSA) is 136 Å². The van der Waals surface area contributed by atoms with Crippen LogP contribution in [0.3, 0.4) is 0 Å². The number of nitrogens with zero attached hydrogens (tertiary/aromatic N) is 3. The van der Waals surface area contributed by atoms with E-state index in [2.05, 4.69) is 14.9 Å². The number of carbonyl (C=O) groups excluding carboxylic acids is 2. The smallest absolute Gasteiger partial charge is 0.494 e. The molecule has 0 amide bonds. The summed E-state index contributed by atoms with van der Waals surface area (Å²) in [6, 6.07) is 8.22. The van der Waals surface area contributed by atoms with Gasteiger partial charge in [0.2, 0.25) is 0 Å². The maximum atomic E-state index is 13.5. The van der Waals surface area contributed by atoms with E-state index in [0.29, 0.717) is 5.56 Å². The van der Waals surface area contributed by atoms with Crippen molar-refractivity contribution in [2.75, 3.05) is 27.2 Å². The number of hydrazone groups is 1. The Kier molecular flexibility index (Phi) is 6.35. The number of ether oxygens (including phenoxy) is 1. The van der Waals surface area contributed by atoms with Gasteiger partial charge in [0.15, 0.2) is 17.4 Å². The van der Waals surface area contributed by atoms with E-state index in [9.17, 15) is 22.4 Å². The van der Waals surface area contributed by atoms with Crippen molar-refractivity contribution in [2.45, 2.75) is 4.90 Å². The summed E-state index contributed by atoms with van der Waals surface area (Å²) in [6.45, 7) is -0.242. The minimum absolute atomic E-state index is 0.0323. The quantitative estimate of drug-likeness (QED) is 0.348. The summed E-state index contributed by atoms with van der Waals surface area (Å²) in [7, 11) is -2.59. The Morgan fingerprint density at radius 2 is 1.88 bits per heavy atom. The Balaban J connectivity index is 1.55. The fraction of sp³-hybridized carbons (Fsp3) is 0.200. The van der Waals surface area contributed by atoms with Gasteiger partial charge in [-0.1, -0.05) is 18.2 Å². The third-order valence-electron chi connectivity index (χ3n) is 4.86. The zero-order valence-corrected chi connectivity index (χ0v) is 18.8. The zero-order valence-electron chi connectivity index (χ0n) is 18.0. The number of amidine groups is 1. The monoisotopic (exact) mass is 488 g/mol. The molecule has 0 saturated carbocycles. The fourth-order valence-electron chi connectivity index (χ4n) is 3.29. The predicted octanol–water partition coefficient (Wildman–Crippen LogP) is -0.366. The number of hydrogen-bond donors (Lipinski definition) is 1. The standard InChI is InChI=1S/C20H18BFN4O7S/c1-26-10-18(27)32-21(33-19(28)11-26)13-4-5-14-17(8-13)34(29,30)25-20(14)24-23-9-12-3-6-15(22)16(7-12)31-2/h3-9H,10-11H2,1-2H3,(H,24,25)/b23-9+. The van der Waals surface area contributed by atoms with Crippen molar-refractivity contribution in [2.24, 2.45) is 9.50 Å². The molecule has 14 heteroatoms. The molecule has 0 spiro atoms. The van der Waals surface area contributed by atoms with Gasteiger partial charge in [-0.25, -0.2) is 4.39 Å². The van der Waals surface area contributed by atoms with Crippen LogP contribution in [0.2, 0.25) is 0 Å². The van der Waals surface area contributed by atoms with Gasteiger partial charge in [0, 0.05) is 11.0 Å². The normalized spacial score (nSPS) is 18.0. The number of likely N-dealkylation sites (N-methyl/N-ethyl adjacent to an activating group) is 1. The van der Waals surface area contributed by atoms with Crippen LogP contribution in [0.5, 0.6) is 5.75 Å². The Morgan fingerprint density at radius 3 is 2.56 bits per heavy atom. The van der Waals surface area contributed by atoms with Crippen molar-refractivity contribution in [3.8, 4) is 5.75 Å². The van der Waals surface area contributed by atoms with Gasteiger partial charge in [0.1, 0.15) is 4.90 Å². The fourth-order valence-corrected chi connectivity index (χ4v) is 4.49. The molecule has 0 aliphatic carbocycles. The SMILES string of the molecule is COc1cc(/C=N/NC2=NS(=O)(=O)c3cc(B4OC(=O)CN(C)CC(=O)O4)ccc32)ccc1F. The highest BCUT2D eigenvalue weighted by Gasteiger charge is 2.37. The molecule has 176 valence electrons. The van der Waals surface area contributed by atoms with E-state index in [0.717, 1.165) is 0 Å². The number of sulfonamides is 1. The third-order valence-corrected chi connectivity index (χ3v) is 6.17. The maximum absolute atomic E-state index is 13.5. The summed E-state index contributed by atoms with van der Waals surface area (Å²) in [5.41, 5.74) is 3.44. The lowest BCUT2D eigenvalue weighted by atomic mass is 9.78. The average molecular weight is 488 g/mol. The molecule has 0 bridgehead atoms. The highest BCUT2D eigenvalue weighted by molar-refractivity contribution is 7.90. The van der Waals surface area contributed by atoms with Crippen molar-refractivity contribution in [1.29, 1.82) is 0 Å². The molecule has 11 nitrogen and oxygen atoms in total. The largest absolute Gasteiger partial charge is 0.636 e. The first-order valence-electron chi connectivity index (χ1n) is 9.85. The Hall–Kier alpha value is -3.78. The first-order valence-corrected chi connectivity index (χ1v) is 11.3. The Bertz CT molecular complexity index is 1310. The molecule has 34 heavy (non-hydrogen) atoms. The minimum Gasteiger partial charge on any atom is -0.494 e. The van der Waals surface area contributed by atoms with Crippen LogP contribution in [-0.4, -0.2) is 71.7 Å². The number of hydrogen-bond acceptors (Lipinski definition) is 10. The van der Waals surface area contributed by atoms with Crippen LogP contribution in [0, 0.1) is 5.82 Å². The molecule has 0 atom stereocenters. The van der Waals surface area contributed by atoms with E-state index in [4.69, 9.17) is 14.0 Å². The predicted molar refractivity (Wildman–Crippen MR) is 119 cm³/mol. The van der Waals surface area contributed by atoms with Gasteiger partial charge in [-0.2, -0.15) is 13.5 Å². The number of carbonyl (C=O) groups is 2. The second kappa shape index (κ2) is 9.23. The van der Waals surface area contributed by atoms with Crippen LogP contribution in [-0.2, 0) is 28.9 Å². The van der Waals surface area contributed by atoms with Crippen molar-refractivity contribution in [3.63, 3.8) is 0 Å². The molecule has 2 aliphatic heterocycles. The molecule has 4 rings (SSSR count). The lowest BCUT2D eigenvalue weighted by Gasteiger charge is -2.22. The van der Waals surface area contributed by atoms with E-state index in [1.807, 2.05) is 0 Å². The van der Waals surface area contributed by atoms with Crippen LogP contribution in [0.25, 0.3) is 0 Å². The highest BCUT2D eigenvalue weighted by Crippen LogP contribution is 2.25. The number of rotatable bonds is 4. The molecule has 0 radical (unpaired) electrons. The van der Waals surface area contributed by atoms with Gasteiger partial charge in [-0.15, -0.1) is 4.40 Å². The lowest BCUT2D eigenvalue weighted by Crippen LogP contribution is -2.48. The van der Waals surface area contributed by atoms with Crippen LogP contribution >= 0.6 is 0 Å². The second-order valence-electron chi connectivity index (χ2n) is 7.42. The number of methoxy groups -OCH3 is 1. The average Bonchev–Trinajstić information content (AvgIpc) is 3.02. The molecule has 1 N–H and O–H groups in total. The van der Waals surface area contributed by atoms with E-state index >= 15 is 0 Å². The van der Waals surface area contributed by atoms with E-state index < -0.39 is 34.9 Å². The van der Waals surface area contributed by atoms with E-state index in [1.54, 1.807) is 7.05 Å². The summed E-state index contributed by atoms with van der Waals surface area (Å²) in [6.07, 6.45) is 1.34. The molecular weight excluding hydrogens is 470 g/mol. The van der Waals surface area contributed by atoms with Crippen molar-refractivity contribution >= 4 is 46.6 Å². The molecule has 2 heterocycles. The van der Waals surface area contributed by atoms with Crippen LogP contribution < -0.4 is 15.6 Å². The van der Waals surface area contributed by atoms with Crippen molar-refractivity contribution in [3.05, 3.63) is 53.3 Å². The third kappa shape index (κ3) is 4.92. The minimum atomic E-state index is -4.09. The van der Waals surface area contributed by atoms with E-state index in [1.165, 1.54) is 54.6 Å². The maximum Gasteiger partial charge on any atom is 0.636 e. The summed E-state index contributed by atoms with van der Waals surface area (Å²) in [5, 5.41) is 3.96. The Morgan fingerprint density at radius 1 is 1.18 bits per heavy atom. The van der Waals surface area contributed by atoms with Gasteiger partial charge < -0.3 is 14.0 Å². The molecular formula is C20H18BFN4O7S. The molecule has 0 unspecified atom stereocenters. The highest BCUT2D eigenvalue weighted by atomic mass is 32.2. The Labute approximate surface area is 194 Å². The number of halogens is 1. The summed E-state index contributed by atoms with van der Waals surface area (Å²) < 4.78 is 57.7. The van der Waals surface area contributed by atoms with Gasteiger partial charge in [-0.3, -0.25) is 19.9 Å². The molecule has 0 aromatic heterocycles. The molecule has 2 aromatic rings. The zero-order chi connectivity index (χ0) is 24.5. The molecule has 2 aromatic carbocycles. The van der Waals surface area contributed by atoms with Crippen LogP contribution in [0.1, 0.15) is 11.1 Å². The molecule has 1 fully saturated rings. The van der Waals surface area contributed by atoms with Crippen LogP contribution in [0.15, 0.2) is 50.8 Å². The first-order chi connectivity index (χ1) is 16.2. The molecule has 2 aliphatic rings.